The highest BCUT2D eigenvalue weighted by Gasteiger charge is 2.43. The molecule has 0 aromatic carbocycles. The maximum Gasteiger partial charge on any atom is 0.175 e. The second kappa shape index (κ2) is 2.59. The summed E-state index contributed by atoms with van der Waals surface area (Å²) in [4.78, 5) is 0. The SMILES string of the molecule is CC1(C)CNC(C)(c2ccco2)O1. The Balaban J connectivity index is 2.25. The van der Waals surface area contributed by atoms with Crippen LogP contribution in [0.4, 0.5) is 0 Å². The molecule has 1 unspecified atom stereocenters. The molecule has 3 nitrogen and oxygen atoms in total. The van der Waals surface area contributed by atoms with Gasteiger partial charge in [-0.05, 0) is 32.9 Å². The third kappa shape index (κ3) is 1.49. The van der Waals surface area contributed by atoms with Crippen LogP contribution in [-0.4, -0.2) is 12.1 Å². The van der Waals surface area contributed by atoms with Crippen LogP contribution < -0.4 is 5.32 Å². The van der Waals surface area contributed by atoms with Crippen LogP contribution in [0.25, 0.3) is 0 Å². The van der Waals surface area contributed by atoms with Crippen LogP contribution in [0.5, 0.6) is 0 Å². The first-order valence-corrected chi connectivity index (χ1v) is 4.51. The second-order valence-electron chi connectivity index (χ2n) is 4.23. The van der Waals surface area contributed by atoms with Crippen molar-refractivity contribution in [1.29, 1.82) is 0 Å². The molecule has 0 spiro atoms. The molecule has 0 saturated carbocycles. The van der Waals surface area contributed by atoms with Crippen molar-refractivity contribution in [3.05, 3.63) is 24.2 Å². The molecular formula is C10H15NO2. The summed E-state index contributed by atoms with van der Waals surface area (Å²) in [5, 5.41) is 3.31. The Morgan fingerprint density at radius 3 is 2.62 bits per heavy atom. The number of rotatable bonds is 1. The van der Waals surface area contributed by atoms with Gasteiger partial charge in [0.25, 0.3) is 0 Å². The van der Waals surface area contributed by atoms with Crippen molar-refractivity contribution in [3.8, 4) is 0 Å². The van der Waals surface area contributed by atoms with Gasteiger partial charge in [0.05, 0.1) is 11.9 Å². The third-order valence-electron chi connectivity index (χ3n) is 2.32. The van der Waals surface area contributed by atoms with Crippen molar-refractivity contribution in [2.45, 2.75) is 32.1 Å². The highest BCUT2D eigenvalue weighted by molar-refractivity contribution is 5.10. The van der Waals surface area contributed by atoms with E-state index in [0.29, 0.717) is 0 Å². The molecule has 1 aliphatic heterocycles. The summed E-state index contributed by atoms with van der Waals surface area (Å²) in [5.74, 6) is 0.832. The average molecular weight is 181 g/mol. The maximum absolute atomic E-state index is 5.88. The van der Waals surface area contributed by atoms with E-state index in [4.69, 9.17) is 9.15 Å². The standard InChI is InChI=1S/C10H15NO2/c1-9(2)7-11-10(3,13-9)8-5-4-6-12-8/h4-6,11H,7H2,1-3H3. The molecule has 72 valence electrons. The summed E-state index contributed by atoms with van der Waals surface area (Å²) in [6, 6.07) is 3.80. The Kier molecular flexibility index (Phi) is 1.75. The lowest BCUT2D eigenvalue weighted by Crippen LogP contribution is -2.34. The van der Waals surface area contributed by atoms with Crippen molar-refractivity contribution in [2.24, 2.45) is 0 Å². The Morgan fingerprint density at radius 2 is 2.15 bits per heavy atom. The van der Waals surface area contributed by atoms with Crippen LogP contribution in [0.3, 0.4) is 0 Å². The van der Waals surface area contributed by atoms with E-state index in [0.717, 1.165) is 12.3 Å². The monoisotopic (exact) mass is 181 g/mol. The van der Waals surface area contributed by atoms with Crippen LogP contribution in [-0.2, 0) is 10.5 Å². The molecule has 1 atom stereocenters. The van der Waals surface area contributed by atoms with Gasteiger partial charge in [-0.15, -0.1) is 0 Å². The van der Waals surface area contributed by atoms with Gasteiger partial charge >= 0.3 is 0 Å². The van der Waals surface area contributed by atoms with Gasteiger partial charge in [0, 0.05) is 6.54 Å². The lowest BCUT2D eigenvalue weighted by Gasteiger charge is -2.24. The fourth-order valence-corrected chi connectivity index (χ4v) is 1.69. The van der Waals surface area contributed by atoms with Crippen LogP contribution in [0.1, 0.15) is 26.5 Å². The first kappa shape index (κ1) is 8.78. The third-order valence-corrected chi connectivity index (χ3v) is 2.32. The Hall–Kier alpha value is -0.800. The molecule has 1 aromatic rings. The van der Waals surface area contributed by atoms with Gasteiger partial charge in [0.15, 0.2) is 5.72 Å². The van der Waals surface area contributed by atoms with Gasteiger partial charge in [-0.25, -0.2) is 0 Å². The van der Waals surface area contributed by atoms with Gasteiger partial charge in [0.2, 0.25) is 0 Å². The summed E-state index contributed by atoms with van der Waals surface area (Å²) >= 11 is 0. The molecule has 2 rings (SSSR count). The Bertz CT molecular complexity index is 292. The summed E-state index contributed by atoms with van der Waals surface area (Å²) in [5.41, 5.74) is -0.589. The molecule has 1 saturated heterocycles. The number of hydrogen-bond acceptors (Lipinski definition) is 3. The van der Waals surface area contributed by atoms with Gasteiger partial charge in [-0.3, -0.25) is 5.32 Å². The Morgan fingerprint density at radius 1 is 1.38 bits per heavy atom. The van der Waals surface area contributed by atoms with E-state index in [1.807, 2.05) is 19.1 Å². The number of hydrogen-bond donors (Lipinski definition) is 1. The average Bonchev–Trinajstić information content (AvgIpc) is 2.58. The first-order valence-electron chi connectivity index (χ1n) is 4.51. The zero-order chi connectivity index (χ0) is 9.53. The predicted molar refractivity (Wildman–Crippen MR) is 49.2 cm³/mol. The number of nitrogens with one attached hydrogen (secondary N) is 1. The van der Waals surface area contributed by atoms with Gasteiger partial charge in [-0.2, -0.15) is 0 Å². The molecule has 1 aliphatic rings. The minimum atomic E-state index is -0.465. The second-order valence-corrected chi connectivity index (χ2v) is 4.23. The molecule has 1 N–H and O–H groups in total. The largest absolute Gasteiger partial charge is 0.465 e. The maximum atomic E-state index is 5.88. The van der Waals surface area contributed by atoms with Crippen molar-refractivity contribution in [2.75, 3.05) is 6.54 Å². The van der Waals surface area contributed by atoms with E-state index < -0.39 is 5.72 Å². The van der Waals surface area contributed by atoms with Crippen molar-refractivity contribution in [1.82, 2.24) is 5.32 Å². The normalized spacial score (nSPS) is 32.2. The fraction of sp³-hybridized carbons (Fsp3) is 0.600. The van der Waals surface area contributed by atoms with Gasteiger partial charge in [-0.1, -0.05) is 0 Å². The molecule has 0 amide bonds. The van der Waals surface area contributed by atoms with Crippen molar-refractivity contribution >= 4 is 0 Å². The molecule has 0 aliphatic carbocycles. The first-order chi connectivity index (χ1) is 6.02. The summed E-state index contributed by atoms with van der Waals surface area (Å²) in [7, 11) is 0. The van der Waals surface area contributed by atoms with E-state index in [2.05, 4.69) is 19.2 Å². The molecule has 2 heterocycles. The highest BCUT2D eigenvalue weighted by Crippen LogP contribution is 2.33. The van der Waals surface area contributed by atoms with Crippen molar-refractivity contribution in [3.63, 3.8) is 0 Å². The van der Waals surface area contributed by atoms with E-state index in [1.54, 1.807) is 6.26 Å². The van der Waals surface area contributed by atoms with Crippen LogP contribution in [0, 0.1) is 0 Å². The quantitative estimate of drug-likeness (QED) is 0.718. The van der Waals surface area contributed by atoms with Crippen LogP contribution in [0.15, 0.2) is 22.8 Å². The minimum Gasteiger partial charge on any atom is -0.465 e. The van der Waals surface area contributed by atoms with E-state index in [1.165, 1.54) is 0 Å². The fourth-order valence-electron chi connectivity index (χ4n) is 1.69. The van der Waals surface area contributed by atoms with Gasteiger partial charge in [0.1, 0.15) is 5.76 Å². The number of furan rings is 1. The zero-order valence-electron chi connectivity index (χ0n) is 8.26. The highest BCUT2D eigenvalue weighted by atomic mass is 16.6. The van der Waals surface area contributed by atoms with E-state index in [9.17, 15) is 0 Å². The lowest BCUT2D eigenvalue weighted by atomic mass is 10.1. The molecule has 13 heavy (non-hydrogen) atoms. The summed E-state index contributed by atoms with van der Waals surface area (Å²) in [6.07, 6.45) is 1.66. The van der Waals surface area contributed by atoms with Crippen LogP contribution >= 0.6 is 0 Å². The summed E-state index contributed by atoms with van der Waals surface area (Å²) < 4.78 is 11.2. The smallest absolute Gasteiger partial charge is 0.175 e. The zero-order valence-corrected chi connectivity index (χ0v) is 8.26. The van der Waals surface area contributed by atoms with E-state index in [-0.39, 0.29) is 5.60 Å². The molecule has 0 radical (unpaired) electrons. The molecule has 1 aromatic heterocycles. The van der Waals surface area contributed by atoms with Crippen LogP contribution in [0.2, 0.25) is 0 Å². The molecule has 1 fully saturated rings. The van der Waals surface area contributed by atoms with E-state index >= 15 is 0 Å². The lowest BCUT2D eigenvalue weighted by molar-refractivity contribution is -0.0948. The predicted octanol–water partition coefficient (Wildman–Crippen LogP) is 1.85. The van der Waals surface area contributed by atoms with Crippen molar-refractivity contribution < 1.29 is 9.15 Å². The molecule has 3 heteroatoms. The molecule has 0 bridgehead atoms. The van der Waals surface area contributed by atoms with Gasteiger partial charge < -0.3 is 9.15 Å². The topological polar surface area (TPSA) is 34.4 Å². The minimum absolute atomic E-state index is 0.123. The Labute approximate surface area is 78.1 Å². The molecular weight excluding hydrogens is 166 g/mol. The number of ether oxygens (including phenoxy) is 1. The summed E-state index contributed by atoms with van der Waals surface area (Å²) in [6.45, 7) is 6.95.